The van der Waals surface area contributed by atoms with Gasteiger partial charge in [0, 0.05) is 13.2 Å². The summed E-state index contributed by atoms with van der Waals surface area (Å²) in [6.45, 7) is 7.72. The first kappa shape index (κ1) is 18.7. The van der Waals surface area contributed by atoms with Crippen LogP contribution in [0.15, 0.2) is 36.0 Å². The van der Waals surface area contributed by atoms with Crippen LogP contribution in [0.4, 0.5) is 0 Å². The minimum absolute atomic E-state index is 0.147. The van der Waals surface area contributed by atoms with E-state index in [0.29, 0.717) is 0 Å². The van der Waals surface area contributed by atoms with Crippen LogP contribution in [0.5, 0.6) is 0 Å². The van der Waals surface area contributed by atoms with Crippen LogP contribution in [0.1, 0.15) is 40.5 Å². The first-order valence-corrected chi connectivity index (χ1v) is 7.76. The molecule has 0 amide bonds. The summed E-state index contributed by atoms with van der Waals surface area (Å²) in [6, 6.07) is 0. The zero-order chi connectivity index (χ0) is 16.8. The molecule has 0 fully saturated rings. The molecule has 0 aromatic heterocycles. The van der Waals surface area contributed by atoms with Gasteiger partial charge in [-0.05, 0) is 57.3 Å². The molecule has 0 aliphatic carbocycles. The van der Waals surface area contributed by atoms with Crippen LogP contribution in [0.3, 0.4) is 0 Å². The molecule has 1 rings (SSSR count). The van der Waals surface area contributed by atoms with E-state index in [2.05, 4.69) is 6.08 Å². The van der Waals surface area contributed by atoms with E-state index < -0.39 is 5.60 Å². The number of esters is 1. The molecule has 1 N–H and O–H groups in total. The van der Waals surface area contributed by atoms with Gasteiger partial charge >= 0.3 is 5.97 Å². The van der Waals surface area contributed by atoms with E-state index >= 15 is 0 Å². The lowest BCUT2D eigenvalue weighted by Gasteiger charge is -2.19. The Kier molecular flexibility index (Phi) is 7.04. The van der Waals surface area contributed by atoms with Crippen LogP contribution in [0, 0.1) is 5.92 Å². The van der Waals surface area contributed by atoms with Crippen molar-refractivity contribution in [2.75, 3.05) is 7.11 Å². The normalized spacial score (nSPS) is 26.3. The van der Waals surface area contributed by atoms with Gasteiger partial charge in [-0.3, -0.25) is 0 Å². The highest BCUT2D eigenvalue weighted by molar-refractivity contribution is 5.85. The van der Waals surface area contributed by atoms with Crippen molar-refractivity contribution in [1.29, 1.82) is 0 Å². The fraction of sp³-hybridized carbons (Fsp3) is 0.611. The molecular weight excluding hydrogens is 280 g/mol. The zero-order valence-electron chi connectivity index (χ0n) is 14.2. The van der Waals surface area contributed by atoms with Crippen LogP contribution >= 0.6 is 0 Å². The number of hydrogen-bond acceptors (Lipinski definition) is 4. The number of hydrogen-bond donors (Lipinski definition) is 1. The summed E-state index contributed by atoms with van der Waals surface area (Å²) in [6.07, 6.45) is 10.5. The average molecular weight is 308 g/mol. The van der Waals surface area contributed by atoms with E-state index in [0.717, 1.165) is 18.4 Å². The van der Waals surface area contributed by atoms with Crippen molar-refractivity contribution in [3.05, 3.63) is 36.0 Å². The number of methoxy groups -OCH3 is 1. The Balaban J connectivity index is 2.59. The minimum atomic E-state index is -0.686. The Morgan fingerprint density at radius 2 is 2.18 bits per heavy atom. The van der Waals surface area contributed by atoms with E-state index in [-0.39, 0.29) is 24.1 Å². The van der Waals surface area contributed by atoms with Crippen molar-refractivity contribution in [1.82, 2.24) is 0 Å². The van der Waals surface area contributed by atoms with Gasteiger partial charge < -0.3 is 14.6 Å². The van der Waals surface area contributed by atoms with Gasteiger partial charge in [-0.25, -0.2) is 4.79 Å². The van der Waals surface area contributed by atoms with Gasteiger partial charge in [0.05, 0.1) is 12.2 Å². The van der Waals surface area contributed by atoms with Crippen molar-refractivity contribution in [2.24, 2.45) is 5.92 Å². The molecule has 4 heteroatoms. The van der Waals surface area contributed by atoms with Crippen LogP contribution in [0.2, 0.25) is 0 Å². The van der Waals surface area contributed by atoms with Gasteiger partial charge in [-0.2, -0.15) is 0 Å². The second kappa shape index (κ2) is 8.30. The summed E-state index contributed by atoms with van der Waals surface area (Å²) in [5.74, 6) is -0.0389. The SMILES string of the molecule is COC(/C=C/C1(C)C=CC(=O)O1)/C(C)=C/CCC(C)C(C)O. The molecule has 124 valence electrons. The fourth-order valence-corrected chi connectivity index (χ4v) is 2.23. The van der Waals surface area contributed by atoms with Crippen LogP contribution in [-0.4, -0.2) is 36.0 Å². The van der Waals surface area contributed by atoms with Gasteiger partial charge in [0.1, 0.15) is 5.60 Å². The van der Waals surface area contributed by atoms with E-state index in [9.17, 15) is 9.90 Å². The number of rotatable bonds is 8. The standard InChI is InChI=1S/C18H28O4/c1-13(15(3)19)7-6-8-14(2)16(21-5)9-11-18(4)12-10-17(20)22-18/h8-13,15-16,19H,6-7H2,1-5H3/b11-9+,14-8+. The highest BCUT2D eigenvalue weighted by Gasteiger charge is 2.27. The number of allylic oxidation sites excluding steroid dienone is 1. The Morgan fingerprint density at radius 1 is 1.50 bits per heavy atom. The molecule has 1 aliphatic heterocycles. The first-order valence-electron chi connectivity index (χ1n) is 7.76. The monoisotopic (exact) mass is 308 g/mol. The summed E-state index contributed by atoms with van der Waals surface area (Å²) in [5, 5.41) is 9.49. The Labute approximate surface area is 133 Å². The average Bonchev–Trinajstić information content (AvgIpc) is 2.79. The van der Waals surface area contributed by atoms with E-state index in [1.165, 1.54) is 6.08 Å². The highest BCUT2D eigenvalue weighted by atomic mass is 16.6. The number of ether oxygens (including phenoxy) is 2. The molecule has 22 heavy (non-hydrogen) atoms. The van der Waals surface area contributed by atoms with Gasteiger partial charge in [0.2, 0.25) is 0 Å². The van der Waals surface area contributed by atoms with Crippen molar-refractivity contribution in [3.8, 4) is 0 Å². The lowest BCUT2D eigenvalue weighted by atomic mass is 9.98. The molecular formula is C18H28O4. The number of aliphatic hydroxyl groups is 1. The summed E-state index contributed by atoms with van der Waals surface area (Å²) < 4.78 is 10.7. The van der Waals surface area contributed by atoms with Crippen molar-refractivity contribution >= 4 is 5.97 Å². The summed E-state index contributed by atoms with van der Waals surface area (Å²) >= 11 is 0. The molecule has 1 aliphatic rings. The number of carbonyl (C=O) groups is 1. The third-order valence-electron chi connectivity index (χ3n) is 4.09. The van der Waals surface area contributed by atoms with Crippen molar-refractivity contribution < 1.29 is 19.4 Å². The maximum Gasteiger partial charge on any atom is 0.331 e. The number of cyclic esters (lactones) is 1. The molecule has 0 bridgehead atoms. The predicted octanol–water partition coefficient (Wildman–Crippen LogP) is 3.17. The number of carbonyl (C=O) groups excluding carboxylic acids is 1. The zero-order valence-corrected chi connectivity index (χ0v) is 14.2. The van der Waals surface area contributed by atoms with Gasteiger partial charge in [0.15, 0.2) is 0 Å². The van der Waals surface area contributed by atoms with E-state index in [4.69, 9.17) is 9.47 Å². The molecule has 0 radical (unpaired) electrons. The largest absolute Gasteiger partial charge is 0.448 e. The summed E-state index contributed by atoms with van der Waals surface area (Å²) in [4.78, 5) is 11.2. The molecule has 0 saturated carbocycles. The lowest BCUT2D eigenvalue weighted by Crippen LogP contribution is -2.21. The third kappa shape index (κ3) is 5.78. The van der Waals surface area contributed by atoms with Crippen LogP contribution in [-0.2, 0) is 14.3 Å². The van der Waals surface area contributed by atoms with Crippen LogP contribution < -0.4 is 0 Å². The molecule has 0 saturated heterocycles. The quantitative estimate of drug-likeness (QED) is 0.553. The molecule has 0 aromatic rings. The maximum atomic E-state index is 11.2. The van der Waals surface area contributed by atoms with Crippen LogP contribution in [0.25, 0.3) is 0 Å². The third-order valence-corrected chi connectivity index (χ3v) is 4.09. The first-order chi connectivity index (χ1) is 10.3. The topological polar surface area (TPSA) is 55.8 Å². The molecule has 0 aromatic carbocycles. The van der Waals surface area contributed by atoms with Gasteiger partial charge in [0.25, 0.3) is 0 Å². The fourth-order valence-electron chi connectivity index (χ4n) is 2.23. The molecule has 0 spiro atoms. The Bertz CT molecular complexity index is 462. The molecule has 4 unspecified atom stereocenters. The van der Waals surface area contributed by atoms with Crippen molar-refractivity contribution in [3.63, 3.8) is 0 Å². The summed E-state index contributed by atoms with van der Waals surface area (Å²) in [5.41, 5.74) is 0.420. The molecule has 4 nitrogen and oxygen atoms in total. The van der Waals surface area contributed by atoms with Gasteiger partial charge in [-0.15, -0.1) is 0 Å². The lowest BCUT2D eigenvalue weighted by molar-refractivity contribution is -0.141. The van der Waals surface area contributed by atoms with E-state index in [1.807, 2.05) is 39.8 Å². The van der Waals surface area contributed by atoms with Crippen molar-refractivity contribution in [2.45, 2.75) is 58.3 Å². The molecule has 4 atom stereocenters. The second-order valence-electron chi connectivity index (χ2n) is 6.20. The van der Waals surface area contributed by atoms with Gasteiger partial charge in [-0.1, -0.05) is 19.1 Å². The van der Waals surface area contributed by atoms with E-state index in [1.54, 1.807) is 13.2 Å². The predicted molar refractivity (Wildman–Crippen MR) is 87.4 cm³/mol. The Hall–Kier alpha value is -1.39. The second-order valence-corrected chi connectivity index (χ2v) is 6.20. The summed E-state index contributed by atoms with van der Waals surface area (Å²) in [7, 11) is 1.66. The minimum Gasteiger partial charge on any atom is -0.448 e. The maximum absolute atomic E-state index is 11.2. The molecule has 1 heterocycles. The number of aliphatic hydroxyl groups excluding tert-OH is 1. The smallest absolute Gasteiger partial charge is 0.331 e. The Morgan fingerprint density at radius 3 is 2.68 bits per heavy atom. The highest BCUT2D eigenvalue weighted by Crippen LogP contribution is 2.22.